The molecule has 0 atom stereocenters. The van der Waals surface area contributed by atoms with Crippen LogP contribution in [0.15, 0.2) is 27.5 Å². The average Bonchev–Trinajstić information content (AvgIpc) is 2.57. The highest BCUT2D eigenvalue weighted by Gasteiger charge is 2.17. The Morgan fingerprint density at radius 2 is 1.89 bits per heavy atom. The first kappa shape index (κ1) is 13.1. The number of benzene rings is 1. The second kappa shape index (κ2) is 4.40. The van der Waals surface area contributed by atoms with E-state index in [1.54, 1.807) is 32.9 Å². The predicted molar refractivity (Wildman–Crippen MR) is 69.2 cm³/mol. The molecule has 0 saturated heterocycles. The number of aromatic nitrogens is 1. The molecule has 2 rings (SSSR count). The van der Waals surface area contributed by atoms with Crippen molar-refractivity contribution < 1.29 is 12.8 Å². The van der Waals surface area contributed by atoms with Crippen molar-refractivity contribution in [1.82, 2.24) is 4.98 Å². The van der Waals surface area contributed by atoms with Gasteiger partial charge in [-0.2, -0.15) is 0 Å². The summed E-state index contributed by atoms with van der Waals surface area (Å²) >= 11 is 0. The Morgan fingerprint density at radius 3 is 2.39 bits per heavy atom. The molecule has 2 aromatic rings. The van der Waals surface area contributed by atoms with Gasteiger partial charge in [-0.1, -0.05) is 12.1 Å². The molecule has 0 amide bonds. The quantitative estimate of drug-likeness (QED) is 0.795. The van der Waals surface area contributed by atoms with Crippen LogP contribution in [-0.4, -0.2) is 13.4 Å². The summed E-state index contributed by atoms with van der Waals surface area (Å²) in [5.74, 6) is 1.19. The van der Waals surface area contributed by atoms with Gasteiger partial charge in [-0.3, -0.25) is 0 Å². The second-order valence-electron chi connectivity index (χ2n) is 4.06. The summed E-state index contributed by atoms with van der Waals surface area (Å²) in [5.41, 5.74) is 1.91. The van der Waals surface area contributed by atoms with E-state index < -0.39 is 9.05 Å². The predicted octanol–water partition coefficient (Wildman–Crippen LogP) is 3.19. The molecular formula is C12H12ClNO3S. The van der Waals surface area contributed by atoms with Crippen molar-refractivity contribution in [1.29, 1.82) is 0 Å². The van der Waals surface area contributed by atoms with Crippen LogP contribution in [0.3, 0.4) is 0 Å². The summed E-state index contributed by atoms with van der Waals surface area (Å²) in [4.78, 5) is 4.33. The lowest BCUT2D eigenvalue weighted by Crippen LogP contribution is -1.95. The Hall–Kier alpha value is -1.33. The molecule has 0 unspecified atom stereocenters. The van der Waals surface area contributed by atoms with Crippen LogP contribution in [0.4, 0.5) is 0 Å². The number of halogens is 1. The molecule has 0 N–H and O–H groups in total. The summed E-state index contributed by atoms with van der Waals surface area (Å²) in [5, 5.41) is 0. The van der Waals surface area contributed by atoms with Gasteiger partial charge in [0.1, 0.15) is 11.5 Å². The minimum Gasteiger partial charge on any atom is -0.446 e. The van der Waals surface area contributed by atoms with Gasteiger partial charge in [-0.25, -0.2) is 13.4 Å². The molecule has 0 fully saturated rings. The van der Waals surface area contributed by atoms with Crippen LogP contribution in [0.25, 0.3) is 11.3 Å². The molecule has 0 aliphatic heterocycles. The lowest BCUT2D eigenvalue weighted by atomic mass is 10.1. The van der Waals surface area contributed by atoms with Crippen LogP contribution in [0, 0.1) is 20.8 Å². The highest BCUT2D eigenvalue weighted by atomic mass is 35.7. The Balaban J connectivity index is 2.65. The fourth-order valence-corrected chi connectivity index (χ4v) is 3.03. The van der Waals surface area contributed by atoms with Gasteiger partial charge in [-0.15, -0.1) is 0 Å². The molecule has 4 nitrogen and oxygen atoms in total. The number of nitrogens with zero attached hydrogens (tertiary/aromatic N) is 1. The zero-order chi connectivity index (χ0) is 13.5. The fraction of sp³-hybridized carbons (Fsp3) is 0.250. The van der Waals surface area contributed by atoms with Gasteiger partial charge in [-0.05, 0) is 25.5 Å². The molecule has 96 valence electrons. The van der Waals surface area contributed by atoms with E-state index in [0.717, 1.165) is 0 Å². The molecule has 6 heteroatoms. The van der Waals surface area contributed by atoms with E-state index in [1.165, 1.54) is 6.07 Å². The van der Waals surface area contributed by atoms with E-state index in [2.05, 4.69) is 4.98 Å². The van der Waals surface area contributed by atoms with Gasteiger partial charge in [0.2, 0.25) is 0 Å². The summed E-state index contributed by atoms with van der Waals surface area (Å²) in [6.45, 7) is 5.22. The zero-order valence-electron chi connectivity index (χ0n) is 10.2. The smallest absolute Gasteiger partial charge is 0.261 e. The van der Waals surface area contributed by atoms with Crippen LogP contribution in [-0.2, 0) is 9.05 Å². The first-order chi connectivity index (χ1) is 8.29. The SMILES string of the molecule is Cc1nc(-c2ccc(C)c(S(=O)(=O)Cl)c2)c(C)o1. The third kappa shape index (κ3) is 2.42. The van der Waals surface area contributed by atoms with E-state index in [0.29, 0.717) is 28.5 Å². The maximum atomic E-state index is 11.4. The van der Waals surface area contributed by atoms with Gasteiger partial charge >= 0.3 is 0 Å². The van der Waals surface area contributed by atoms with Gasteiger partial charge in [0, 0.05) is 23.2 Å². The van der Waals surface area contributed by atoms with Crippen LogP contribution < -0.4 is 0 Å². The zero-order valence-corrected chi connectivity index (χ0v) is 11.8. The van der Waals surface area contributed by atoms with E-state index >= 15 is 0 Å². The van der Waals surface area contributed by atoms with E-state index in [1.807, 2.05) is 0 Å². The number of aryl methyl sites for hydroxylation is 3. The minimum atomic E-state index is -3.76. The average molecular weight is 286 g/mol. The monoisotopic (exact) mass is 285 g/mol. The fourth-order valence-electron chi connectivity index (χ4n) is 1.81. The van der Waals surface area contributed by atoms with Crippen LogP contribution in [0.2, 0.25) is 0 Å². The number of hydrogen-bond donors (Lipinski definition) is 0. The molecule has 1 heterocycles. The van der Waals surface area contributed by atoms with Crippen molar-refractivity contribution in [3.63, 3.8) is 0 Å². The molecule has 1 aromatic carbocycles. The van der Waals surface area contributed by atoms with Gasteiger partial charge in [0.25, 0.3) is 9.05 Å². The molecule has 0 bridgehead atoms. The molecule has 18 heavy (non-hydrogen) atoms. The number of oxazole rings is 1. The third-order valence-corrected chi connectivity index (χ3v) is 4.09. The van der Waals surface area contributed by atoms with Gasteiger partial charge < -0.3 is 4.42 Å². The maximum absolute atomic E-state index is 11.4. The number of hydrogen-bond acceptors (Lipinski definition) is 4. The lowest BCUT2D eigenvalue weighted by molar-refractivity contribution is 0.495. The van der Waals surface area contributed by atoms with Crippen LogP contribution >= 0.6 is 10.7 Å². The first-order valence-corrected chi connectivity index (χ1v) is 7.59. The van der Waals surface area contributed by atoms with Crippen molar-refractivity contribution in [2.75, 3.05) is 0 Å². The summed E-state index contributed by atoms with van der Waals surface area (Å²) in [7, 11) is 1.64. The Labute approximate surface area is 110 Å². The minimum absolute atomic E-state index is 0.0988. The second-order valence-corrected chi connectivity index (χ2v) is 6.59. The topological polar surface area (TPSA) is 60.2 Å². The van der Waals surface area contributed by atoms with Crippen molar-refractivity contribution >= 4 is 19.7 Å². The standard InChI is InChI=1S/C12H12ClNO3S/c1-7-4-5-10(6-11(7)18(13,15)16)12-8(2)17-9(3)14-12/h4-6H,1-3H3. The Morgan fingerprint density at radius 1 is 1.22 bits per heavy atom. The summed E-state index contributed by atoms with van der Waals surface area (Å²) in [6.07, 6.45) is 0. The molecule has 0 spiro atoms. The van der Waals surface area contributed by atoms with Crippen molar-refractivity contribution in [3.8, 4) is 11.3 Å². The Kier molecular flexibility index (Phi) is 3.21. The maximum Gasteiger partial charge on any atom is 0.261 e. The van der Waals surface area contributed by atoms with Crippen molar-refractivity contribution in [3.05, 3.63) is 35.4 Å². The molecule has 0 saturated carbocycles. The molecule has 1 aromatic heterocycles. The van der Waals surface area contributed by atoms with E-state index in [4.69, 9.17) is 15.1 Å². The van der Waals surface area contributed by atoms with Crippen molar-refractivity contribution in [2.24, 2.45) is 0 Å². The molecular weight excluding hydrogens is 274 g/mol. The summed E-state index contributed by atoms with van der Waals surface area (Å²) in [6, 6.07) is 5.02. The first-order valence-electron chi connectivity index (χ1n) is 5.29. The van der Waals surface area contributed by atoms with Crippen molar-refractivity contribution in [2.45, 2.75) is 25.7 Å². The normalized spacial score (nSPS) is 11.8. The largest absolute Gasteiger partial charge is 0.446 e. The Bertz CT molecular complexity index is 704. The lowest BCUT2D eigenvalue weighted by Gasteiger charge is -2.04. The van der Waals surface area contributed by atoms with Gasteiger partial charge in [0.05, 0.1) is 4.90 Å². The molecule has 0 radical (unpaired) electrons. The highest BCUT2D eigenvalue weighted by Crippen LogP contribution is 2.28. The van der Waals surface area contributed by atoms with Crippen LogP contribution in [0.5, 0.6) is 0 Å². The van der Waals surface area contributed by atoms with Crippen LogP contribution in [0.1, 0.15) is 17.2 Å². The van der Waals surface area contributed by atoms with E-state index in [9.17, 15) is 8.42 Å². The molecule has 0 aliphatic carbocycles. The summed E-state index contributed by atoms with van der Waals surface area (Å²) < 4.78 is 28.2. The van der Waals surface area contributed by atoms with Gasteiger partial charge in [0.15, 0.2) is 5.89 Å². The molecule has 0 aliphatic rings. The van der Waals surface area contributed by atoms with E-state index in [-0.39, 0.29) is 4.90 Å². The highest BCUT2D eigenvalue weighted by molar-refractivity contribution is 8.13. The third-order valence-electron chi connectivity index (χ3n) is 2.63. The number of rotatable bonds is 2.